The van der Waals surface area contributed by atoms with Gasteiger partial charge in [0, 0.05) is 18.3 Å². The lowest BCUT2D eigenvalue weighted by Crippen LogP contribution is -2.45. The molecule has 2 nitrogen and oxygen atoms in total. The Morgan fingerprint density at radius 2 is 1.95 bits per heavy atom. The third-order valence-electron chi connectivity index (χ3n) is 6.95. The Labute approximate surface area is 121 Å². The Bertz CT molecular complexity index is 504. The summed E-state index contributed by atoms with van der Waals surface area (Å²) in [5.41, 5.74) is 1.43. The Morgan fingerprint density at radius 3 is 2.80 bits per heavy atom. The summed E-state index contributed by atoms with van der Waals surface area (Å²) in [6.07, 6.45) is 10.4. The average Bonchev–Trinajstić information content (AvgIpc) is 2.71. The van der Waals surface area contributed by atoms with E-state index in [1.165, 1.54) is 18.4 Å². The molecule has 0 N–H and O–H groups in total. The highest BCUT2D eigenvalue weighted by Gasteiger charge is 2.54. The number of Topliss-reactive ketones (excluding diaryl/α,β-unsaturated/α-hetero) is 1. The summed E-state index contributed by atoms with van der Waals surface area (Å²) in [6, 6.07) is 0. The standard InChI is InChI=1S/C18H24O2/c1-18-10-12-3-2-11-8-14(19)5-6-15(11)16(12)9-13(18)4-7-17(18)20/h8,12-13,15-16H,2-7,9-10H2,1H3/t12-,13+,15-,16-,18+/m1/s1. The highest BCUT2D eigenvalue weighted by Crippen LogP contribution is 2.59. The first kappa shape index (κ1) is 12.8. The van der Waals surface area contributed by atoms with Gasteiger partial charge in [-0.05, 0) is 68.3 Å². The van der Waals surface area contributed by atoms with E-state index in [9.17, 15) is 9.59 Å². The fourth-order valence-electron chi connectivity index (χ4n) is 5.79. The number of hydrogen-bond donors (Lipinski definition) is 0. The molecule has 108 valence electrons. The SMILES string of the molecule is C[C@]12C[C@H]3CCC4=CC(=O)CC[C@H]4[C@@H]3C[C@@H]1CCC2=O. The van der Waals surface area contributed by atoms with Crippen LogP contribution in [-0.2, 0) is 9.59 Å². The number of carbonyl (C=O) groups is 2. The average molecular weight is 272 g/mol. The summed E-state index contributed by atoms with van der Waals surface area (Å²) in [6.45, 7) is 2.24. The van der Waals surface area contributed by atoms with Gasteiger partial charge in [0.05, 0.1) is 0 Å². The zero-order valence-corrected chi connectivity index (χ0v) is 12.4. The summed E-state index contributed by atoms with van der Waals surface area (Å²) < 4.78 is 0. The van der Waals surface area contributed by atoms with Crippen LogP contribution in [0.1, 0.15) is 58.3 Å². The predicted octanol–water partition coefficient (Wildman–Crippen LogP) is 3.70. The maximum Gasteiger partial charge on any atom is 0.155 e. The van der Waals surface area contributed by atoms with Gasteiger partial charge in [0.1, 0.15) is 5.78 Å². The van der Waals surface area contributed by atoms with E-state index in [-0.39, 0.29) is 5.41 Å². The summed E-state index contributed by atoms with van der Waals surface area (Å²) >= 11 is 0. The topological polar surface area (TPSA) is 34.1 Å². The van der Waals surface area contributed by atoms with E-state index in [2.05, 4.69) is 6.92 Å². The molecule has 2 heteroatoms. The van der Waals surface area contributed by atoms with E-state index in [1.54, 1.807) is 0 Å². The number of hydrogen-bond acceptors (Lipinski definition) is 2. The van der Waals surface area contributed by atoms with Crippen molar-refractivity contribution in [2.24, 2.45) is 29.1 Å². The van der Waals surface area contributed by atoms with E-state index in [1.807, 2.05) is 6.08 Å². The van der Waals surface area contributed by atoms with Crippen molar-refractivity contribution in [2.45, 2.75) is 58.3 Å². The molecular weight excluding hydrogens is 248 g/mol. The van der Waals surface area contributed by atoms with Crippen molar-refractivity contribution in [3.8, 4) is 0 Å². The molecule has 4 aliphatic rings. The lowest BCUT2D eigenvalue weighted by Gasteiger charge is -2.50. The summed E-state index contributed by atoms with van der Waals surface area (Å²) in [5, 5.41) is 0. The highest BCUT2D eigenvalue weighted by atomic mass is 16.1. The van der Waals surface area contributed by atoms with Crippen LogP contribution in [0.4, 0.5) is 0 Å². The minimum atomic E-state index is -0.00707. The van der Waals surface area contributed by atoms with Crippen molar-refractivity contribution in [2.75, 3.05) is 0 Å². The molecule has 0 aliphatic heterocycles. The predicted molar refractivity (Wildman–Crippen MR) is 77.1 cm³/mol. The van der Waals surface area contributed by atoms with Crippen LogP contribution in [0, 0.1) is 29.1 Å². The van der Waals surface area contributed by atoms with Crippen molar-refractivity contribution in [3.05, 3.63) is 11.6 Å². The molecule has 0 amide bonds. The Kier molecular flexibility index (Phi) is 2.74. The number of ketones is 2. The van der Waals surface area contributed by atoms with E-state index in [4.69, 9.17) is 0 Å². The third-order valence-corrected chi connectivity index (χ3v) is 6.95. The van der Waals surface area contributed by atoms with Crippen molar-refractivity contribution < 1.29 is 9.59 Å². The fraction of sp³-hybridized carbons (Fsp3) is 0.778. The molecule has 20 heavy (non-hydrogen) atoms. The monoisotopic (exact) mass is 272 g/mol. The molecule has 0 aromatic carbocycles. The molecule has 4 aliphatic carbocycles. The molecule has 0 radical (unpaired) electrons. The lowest BCUT2D eigenvalue weighted by molar-refractivity contribution is -0.130. The quantitative estimate of drug-likeness (QED) is 0.674. The molecule has 4 rings (SSSR count). The van der Waals surface area contributed by atoms with Gasteiger partial charge in [0.15, 0.2) is 5.78 Å². The maximum atomic E-state index is 12.3. The Morgan fingerprint density at radius 1 is 1.10 bits per heavy atom. The van der Waals surface area contributed by atoms with Crippen molar-refractivity contribution in [1.82, 2.24) is 0 Å². The van der Waals surface area contributed by atoms with Gasteiger partial charge in [0.25, 0.3) is 0 Å². The minimum Gasteiger partial charge on any atom is -0.299 e. The van der Waals surface area contributed by atoms with E-state index >= 15 is 0 Å². The first-order chi connectivity index (χ1) is 9.58. The molecule has 0 heterocycles. The third kappa shape index (κ3) is 1.69. The zero-order valence-electron chi connectivity index (χ0n) is 12.4. The number of allylic oxidation sites excluding steroid dienone is 2. The molecule has 3 saturated carbocycles. The van der Waals surface area contributed by atoms with Gasteiger partial charge < -0.3 is 0 Å². The van der Waals surface area contributed by atoms with Gasteiger partial charge in [-0.15, -0.1) is 0 Å². The van der Waals surface area contributed by atoms with Gasteiger partial charge in [0.2, 0.25) is 0 Å². The molecule has 3 fully saturated rings. The highest BCUT2D eigenvalue weighted by molar-refractivity contribution is 5.91. The Hall–Kier alpha value is -0.920. The van der Waals surface area contributed by atoms with Gasteiger partial charge in [-0.25, -0.2) is 0 Å². The molecule has 0 aromatic rings. The Balaban J connectivity index is 1.63. The zero-order chi connectivity index (χ0) is 13.9. The fourth-order valence-corrected chi connectivity index (χ4v) is 5.79. The van der Waals surface area contributed by atoms with Crippen LogP contribution in [0.25, 0.3) is 0 Å². The number of fused-ring (bicyclic) bond motifs is 4. The normalized spacial score (nSPS) is 47.4. The van der Waals surface area contributed by atoms with E-state index in [0.717, 1.165) is 50.4 Å². The van der Waals surface area contributed by atoms with E-state index in [0.29, 0.717) is 23.4 Å². The van der Waals surface area contributed by atoms with Crippen LogP contribution in [0.5, 0.6) is 0 Å². The molecule has 0 saturated heterocycles. The lowest BCUT2D eigenvalue weighted by atomic mass is 9.53. The smallest absolute Gasteiger partial charge is 0.155 e. The van der Waals surface area contributed by atoms with Crippen LogP contribution in [0.2, 0.25) is 0 Å². The van der Waals surface area contributed by atoms with E-state index < -0.39 is 0 Å². The first-order valence-electron chi connectivity index (χ1n) is 8.34. The van der Waals surface area contributed by atoms with Crippen molar-refractivity contribution >= 4 is 11.6 Å². The summed E-state index contributed by atoms with van der Waals surface area (Å²) in [5.74, 6) is 3.63. The summed E-state index contributed by atoms with van der Waals surface area (Å²) in [7, 11) is 0. The molecule has 0 bridgehead atoms. The number of rotatable bonds is 0. The van der Waals surface area contributed by atoms with Crippen LogP contribution < -0.4 is 0 Å². The number of carbonyl (C=O) groups excluding carboxylic acids is 2. The second kappa shape index (κ2) is 4.29. The summed E-state index contributed by atoms with van der Waals surface area (Å²) in [4.78, 5) is 23.9. The van der Waals surface area contributed by atoms with Crippen LogP contribution in [0.15, 0.2) is 11.6 Å². The second-order valence-electron chi connectivity index (χ2n) is 7.81. The van der Waals surface area contributed by atoms with Gasteiger partial charge in [-0.3, -0.25) is 9.59 Å². The van der Waals surface area contributed by atoms with Crippen molar-refractivity contribution in [1.29, 1.82) is 0 Å². The largest absolute Gasteiger partial charge is 0.299 e. The second-order valence-corrected chi connectivity index (χ2v) is 7.81. The molecule has 0 unspecified atom stereocenters. The molecule has 5 atom stereocenters. The van der Waals surface area contributed by atoms with Crippen LogP contribution in [0.3, 0.4) is 0 Å². The maximum absolute atomic E-state index is 12.3. The molecule has 0 spiro atoms. The van der Waals surface area contributed by atoms with Crippen LogP contribution >= 0.6 is 0 Å². The molecular formula is C18H24O2. The van der Waals surface area contributed by atoms with Gasteiger partial charge in [-0.2, -0.15) is 0 Å². The van der Waals surface area contributed by atoms with Crippen molar-refractivity contribution in [3.63, 3.8) is 0 Å². The van der Waals surface area contributed by atoms with Gasteiger partial charge in [-0.1, -0.05) is 12.5 Å². The first-order valence-corrected chi connectivity index (χ1v) is 8.34. The van der Waals surface area contributed by atoms with Crippen LogP contribution in [-0.4, -0.2) is 11.6 Å². The molecule has 0 aromatic heterocycles. The minimum absolute atomic E-state index is 0.00707. The van der Waals surface area contributed by atoms with Gasteiger partial charge >= 0.3 is 0 Å².